The first kappa shape index (κ1) is 16.0. The van der Waals surface area contributed by atoms with Gasteiger partial charge in [0.15, 0.2) is 0 Å². The topological polar surface area (TPSA) is 70.2 Å². The minimum atomic E-state index is -0.215. The van der Waals surface area contributed by atoms with Gasteiger partial charge in [0.05, 0.1) is 12.5 Å². The zero-order chi connectivity index (χ0) is 15.2. The lowest BCUT2D eigenvalue weighted by atomic mass is 9.99. The van der Waals surface area contributed by atoms with Gasteiger partial charge in [-0.05, 0) is 44.0 Å². The fourth-order valence-corrected chi connectivity index (χ4v) is 2.67. The molecule has 1 unspecified atom stereocenters. The number of amides is 2. The van der Waals surface area contributed by atoms with E-state index in [1.54, 1.807) is 0 Å². The van der Waals surface area contributed by atoms with Crippen molar-refractivity contribution in [2.24, 2.45) is 5.92 Å². The van der Waals surface area contributed by atoms with Crippen LogP contribution in [0.4, 0.5) is 5.69 Å². The fourth-order valence-electron chi connectivity index (χ4n) is 2.31. The number of rotatable bonds is 4. The van der Waals surface area contributed by atoms with Crippen LogP contribution in [0, 0.1) is 12.8 Å². The van der Waals surface area contributed by atoms with Crippen molar-refractivity contribution in [3.8, 4) is 0 Å². The van der Waals surface area contributed by atoms with Crippen LogP contribution in [0.2, 0.25) is 0 Å². The van der Waals surface area contributed by atoms with Gasteiger partial charge in [0.1, 0.15) is 0 Å². The van der Waals surface area contributed by atoms with Crippen LogP contribution < -0.4 is 16.0 Å². The molecule has 1 atom stereocenters. The van der Waals surface area contributed by atoms with Crippen molar-refractivity contribution in [1.82, 2.24) is 10.6 Å². The van der Waals surface area contributed by atoms with E-state index in [4.69, 9.17) is 0 Å². The molecule has 2 rings (SSSR count). The van der Waals surface area contributed by atoms with Crippen LogP contribution in [0.25, 0.3) is 0 Å². The summed E-state index contributed by atoms with van der Waals surface area (Å²) in [6.07, 6.45) is 1.88. The Labute approximate surface area is 133 Å². The number of hydrogen-bond donors (Lipinski definition) is 3. The first-order valence-corrected chi connectivity index (χ1v) is 7.90. The summed E-state index contributed by atoms with van der Waals surface area (Å²) in [4.78, 5) is 23.8. The van der Waals surface area contributed by atoms with Gasteiger partial charge in [-0.15, -0.1) is 0 Å². The number of carbonyl (C=O) groups is 2. The lowest BCUT2D eigenvalue weighted by molar-refractivity contribution is -0.127. The average molecular weight is 354 g/mol. The zero-order valence-corrected chi connectivity index (χ0v) is 13.6. The van der Waals surface area contributed by atoms with Gasteiger partial charge in [-0.3, -0.25) is 9.59 Å². The third-order valence-corrected chi connectivity index (χ3v) is 4.06. The van der Waals surface area contributed by atoms with Gasteiger partial charge >= 0.3 is 0 Å². The van der Waals surface area contributed by atoms with E-state index in [1.807, 2.05) is 25.1 Å². The van der Waals surface area contributed by atoms with Crippen LogP contribution in [0.15, 0.2) is 22.7 Å². The standard InChI is InChI=1S/C15H20BrN3O2/c1-10-4-5-12(16)7-13(10)19-14(20)9-18-15(21)11-3-2-6-17-8-11/h4-5,7,11,17H,2-3,6,8-9H2,1H3,(H,18,21)(H,19,20). The Balaban J connectivity index is 1.81. The van der Waals surface area contributed by atoms with Gasteiger partial charge in [0.25, 0.3) is 0 Å². The molecule has 1 aromatic rings. The summed E-state index contributed by atoms with van der Waals surface area (Å²) >= 11 is 3.37. The average Bonchev–Trinajstić information content (AvgIpc) is 2.49. The van der Waals surface area contributed by atoms with Crippen molar-refractivity contribution in [2.75, 3.05) is 25.0 Å². The van der Waals surface area contributed by atoms with E-state index in [9.17, 15) is 9.59 Å². The SMILES string of the molecule is Cc1ccc(Br)cc1NC(=O)CNC(=O)C1CCCNC1. The molecule has 1 aliphatic heterocycles. The smallest absolute Gasteiger partial charge is 0.243 e. The summed E-state index contributed by atoms with van der Waals surface area (Å²) in [5.74, 6) is -0.296. The molecule has 1 heterocycles. The van der Waals surface area contributed by atoms with Crippen LogP contribution in [-0.4, -0.2) is 31.4 Å². The van der Waals surface area contributed by atoms with E-state index >= 15 is 0 Å². The molecule has 2 amide bonds. The molecule has 5 nitrogen and oxygen atoms in total. The second-order valence-electron chi connectivity index (χ2n) is 5.27. The number of piperidine rings is 1. The van der Waals surface area contributed by atoms with Gasteiger partial charge in [0, 0.05) is 16.7 Å². The lowest BCUT2D eigenvalue weighted by Gasteiger charge is -2.21. The molecule has 0 saturated carbocycles. The Morgan fingerprint density at radius 1 is 1.43 bits per heavy atom. The number of anilines is 1. The van der Waals surface area contributed by atoms with Crippen molar-refractivity contribution >= 4 is 33.4 Å². The number of aryl methyl sites for hydroxylation is 1. The number of hydrogen-bond acceptors (Lipinski definition) is 3. The first-order valence-electron chi connectivity index (χ1n) is 7.10. The van der Waals surface area contributed by atoms with Crippen molar-refractivity contribution in [2.45, 2.75) is 19.8 Å². The maximum Gasteiger partial charge on any atom is 0.243 e. The quantitative estimate of drug-likeness (QED) is 0.773. The van der Waals surface area contributed by atoms with Crippen molar-refractivity contribution in [1.29, 1.82) is 0 Å². The molecule has 0 radical (unpaired) electrons. The molecule has 0 bridgehead atoms. The van der Waals surface area contributed by atoms with E-state index in [1.165, 1.54) is 0 Å². The Bertz CT molecular complexity index is 528. The predicted octanol–water partition coefficient (Wildman–Crippen LogP) is 1.81. The molecular formula is C15H20BrN3O2. The second kappa shape index (κ2) is 7.56. The maximum absolute atomic E-state index is 11.9. The molecule has 0 aliphatic carbocycles. The highest BCUT2D eigenvalue weighted by Crippen LogP contribution is 2.20. The van der Waals surface area contributed by atoms with Crippen molar-refractivity contribution in [3.63, 3.8) is 0 Å². The molecule has 3 N–H and O–H groups in total. The van der Waals surface area contributed by atoms with Crippen LogP contribution in [0.3, 0.4) is 0 Å². The summed E-state index contributed by atoms with van der Waals surface area (Å²) < 4.78 is 0.903. The third-order valence-electron chi connectivity index (χ3n) is 3.56. The van der Waals surface area contributed by atoms with Crippen LogP contribution in [-0.2, 0) is 9.59 Å². The summed E-state index contributed by atoms with van der Waals surface area (Å²) in [5.41, 5.74) is 1.73. The first-order chi connectivity index (χ1) is 10.1. The van der Waals surface area contributed by atoms with E-state index in [0.29, 0.717) is 6.54 Å². The minimum Gasteiger partial charge on any atom is -0.347 e. The molecular weight excluding hydrogens is 334 g/mol. The molecule has 6 heteroatoms. The van der Waals surface area contributed by atoms with Crippen molar-refractivity contribution < 1.29 is 9.59 Å². The van der Waals surface area contributed by atoms with E-state index in [0.717, 1.165) is 35.1 Å². The van der Waals surface area contributed by atoms with Gasteiger partial charge in [-0.1, -0.05) is 22.0 Å². The highest BCUT2D eigenvalue weighted by atomic mass is 79.9. The van der Waals surface area contributed by atoms with Gasteiger partial charge in [-0.2, -0.15) is 0 Å². The largest absolute Gasteiger partial charge is 0.347 e. The second-order valence-corrected chi connectivity index (χ2v) is 6.18. The number of halogens is 1. The fraction of sp³-hybridized carbons (Fsp3) is 0.467. The summed E-state index contributed by atoms with van der Waals surface area (Å²) in [6, 6.07) is 5.69. The van der Waals surface area contributed by atoms with Crippen LogP contribution >= 0.6 is 15.9 Å². The van der Waals surface area contributed by atoms with E-state index in [2.05, 4.69) is 31.9 Å². The van der Waals surface area contributed by atoms with Gasteiger partial charge in [0.2, 0.25) is 11.8 Å². The summed E-state index contributed by atoms with van der Waals surface area (Å²) in [5, 5.41) is 8.70. The molecule has 21 heavy (non-hydrogen) atoms. The summed E-state index contributed by atoms with van der Waals surface area (Å²) in [7, 11) is 0. The maximum atomic E-state index is 11.9. The Morgan fingerprint density at radius 3 is 2.95 bits per heavy atom. The van der Waals surface area contributed by atoms with Crippen LogP contribution in [0.5, 0.6) is 0 Å². The number of carbonyl (C=O) groups excluding carboxylic acids is 2. The van der Waals surface area contributed by atoms with Gasteiger partial charge in [-0.25, -0.2) is 0 Å². The lowest BCUT2D eigenvalue weighted by Crippen LogP contribution is -2.42. The predicted molar refractivity (Wildman–Crippen MR) is 86.1 cm³/mol. The molecule has 1 saturated heterocycles. The molecule has 0 spiro atoms. The Hall–Kier alpha value is -1.40. The van der Waals surface area contributed by atoms with Crippen molar-refractivity contribution in [3.05, 3.63) is 28.2 Å². The third kappa shape index (κ3) is 4.82. The van der Waals surface area contributed by atoms with Gasteiger partial charge < -0.3 is 16.0 Å². The van der Waals surface area contributed by atoms with Crippen LogP contribution in [0.1, 0.15) is 18.4 Å². The molecule has 1 aliphatic rings. The Kier molecular flexibility index (Phi) is 5.76. The minimum absolute atomic E-state index is 0.00128. The van der Waals surface area contributed by atoms with E-state index < -0.39 is 0 Å². The molecule has 1 aromatic carbocycles. The molecule has 1 fully saturated rings. The molecule has 0 aromatic heterocycles. The highest BCUT2D eigenvalue weighted by Gasteiger charge is 2.21. The Morgan fingerprint density at radius 2 is 2.24 bits per heavy atom. The monoisotopic (exact) mass is 353 g/mol. The van der Waals surface area contributed by atoms with E-state index in [-0.39, 0.29) is 24.3 Å². The zero-order valence-electron chi connectivity index (χ0n) is 12.0. The molecule has 114 valence electrons. The highest BCUT2D eigenvalue weighted by molar-refractivity contribution is 9.10. The number of benzene rings is 1. The number of nitrogens with one attached hydrogen (secondary N) is 3. The normalized spacial score (nSPS) is 18.1. The summed E-state index contributed by atoms with van der Waals surface area (Å²) in [6.45, 7) is 3.58.